The van der Waals surface area contributed by atoms with E-state index in [1.165, 1.54) is 6.42 Å². The van der Waals surface area contributed by atoms with E-state index in [1.54, 1.807) is 6.33 Å². The normalized spacial score (nSPS) is 21.4. The molecule has 3 N–H and O–H groups in total. The van der Waals surface area contributed by atoms with Crippen LogP contribution in [0.15, 0.2) is 12.4 Å². The van der Waals surface area contributed by atoms with E-state index in [0.29, 0.717) is 12.6 Å². The largest absolute Gasteiger partial charge is 0.366 e. The van der Waals surface area contributed by atoms with Gasteiger partial charge in [-0.25, -0.2) is 9.97 Å². The summed E-state index contributed by atoms with van der Waals surface area (Å²) in [5, 5.41) is 3.27. The molecule has 0 radical (unpaired) electrons. The van der Waals surface area contributed by atoms with Crippen LogP contribution in [0.1, 0.15) is 13.3 Å². The van der Waals surface area contributed by atoms with E-state index < -0.39 is 0 Å². The number of nitrogens with zero attached hydrogens (tertiary/aromatic N) is 4. The Morgan fingerprint density at radius 1 is 1.58 bits per heavy atom. The fourth-order valence-electron chi connectivity index (χ4n) is 2.35. The molecule has 0 spiro atoms. The van der Waals surface area contributed by atoms with E-state index in [0.717, 1.165) is 24.7 Å². The highest BCUT2D eigenvalue weighted by atomic mass is 15.3. The first kappa shape index (κ1) is 14.0. The lowest BCUT2D eigenvalue weighted by Gasteiger charge is -2.25. The highest BCUT2D eigenvalue weighted by Gasteiger charge is 2.24. The minimum atomic E-state index is 0.214. The molecule has 2 unspecified atom stereocenters. The first-order valence-electron chi connectivity index (χ1n) is 6.80. The molecule has 0 aromatic carbocycles. The van der Waals surface area contributed by atoms with Crippen LogP contribution >= 0.6 is 0 Å². The summed E-state index contributed by atoms with van der Waals surface area (Å²) in [6.45, 7) is 4.86. The third kappa shape index (κ3) is 3.54. The minimum Gasteiger partial charge on any atom is -0.366 e. The maximum Gasteiger partial charge on any atom is 0.134 e. The van der Waals surface area contributed by atoms with Gasteiger partial charge >= 0.3 is 0 Å². The third-order valence-corrected chi connectivity index (χ3v) is 3.68. The van der Waals surface area contributed by atoms with Gasteiger partial charge in [0.05, 0.1) is 0 Å². The Morgan fingerprint density at radius 2 is 2.37 bits per heavy atom. The zero-order valence-electron chi connectivity index (χ0n) is 12.0. The quantitative estimate of drug-likeness (QED) is 0.801. The van der Waals surface area contributed by atoms with Crippen molar-refractivity contribution in [1.29, 1.82) is 0 Å². The zero-order chi connectivity index (χ0) is 13.8. The lowest BCUT2D eigenvalue weighted by Crippen LogP contribution is -2.34. The van der Waals surface area contributed by atoms with Crippen LogP contribution in [0.5, 0.6) is 0 Å². The van der Waals surface area contributed by atoms with Crippen molar-refractivity contribution in [3.63, 3.8) is 0 Å². The molecule has 2 rings (SSSR count). The first-order chi connectivity index (χ1) is 9.10. The van der Waals surface area contributed by atoms with Gasteiger partial charge in [0.15, 0.2) is 0 Å². The van der Waals surface area contributed by atoms with Crippen LogP contribution in [0.2, 0.25) is 0 Å². The van der Waals surface area contributed by atoms with Gasteiger partial charge < -0.3 is 20.9 Å². The van der Waals surface area contributed by atoms with Gasteiger partial charge in [0, 0.05) is 38.3 Å². The van der Waals surface area contributed by atoms with E-state index >= 15 is 0 Å². The molecular formula is C13H24N6. The monoisotopic (exact) mass is 264 g/mol. The smallest absolute Gasteiger partial charge is 0.134 e. The second kappa shape index (κ2) is 6.16. The number of hydrogen-bond acceptors (Lipinski definition) is 6. The van der Waals surface area contributed by atoms with Gasteiger partial charge in [-0.05, 0) is 26.9 Å². The lowest BCUT2D eigenvalue weighted by atomic mass is 10.2. The Hall–Kier alpha value is -1.40. The predicted octanol–water partition coefficient (Wildman–Crippen LogP) is 0.376. The van der Waals surface area contributed by atoms with Crippen LogP contribution in [0.4, 0.5) is 11.6 Å². The maximum atomic E-state index is 5.61. The molecule has 2 heterocycles. The molecule has 0 saturated carbocycles. The molecule has 19 heavy (non-hydrogen) atoms. The van der Waals surface area contributed by atoms with Crippen LogP contribution in [0.25, 0.3) is 0 Å². The standard InChI is InChI=1S/C13H24N6/c1-10(7-14)17-12-6-13(16-9-15-12)19(3)11-4-5-18(2)8-11/h6,9-11H,4-5,7-8,14H2,1-3H3,(H,15,16,17). The van der Waals surface area contributed by atoms with E-state index in [4.69, 9.17) is 5.73 Å². The van der Waals surface area contributed by atoms with Crippen molar-refractivity contribution in [3.8, 4) is 0 Å². The summed E-state index contributed by atoms with van der Waals surface area (Å²) in [4.78, 5) is 13.2. The summed E-state index contributed by atoms with van der Waals surface area (Å²) in [6.07, 6.45) is 2.79. The van der Waals surface area contributed by atoms with E-state index in [1.807, 2.05) is 13.0 Å². The highest BCUT2D eigenvalue weighted by Crippen LogP contribution is 2.20. The fraction of sp³-hybridized carbons (Fsp3) is 0.692. The van der Waals surface area contributed by atoms with Gasteiger partial charge in [-0.15, -0.1) is 0 Å². The summed E-state index contributed by atoms with van der Waals surface area (Å²) < 4.78 is 0. The van der Waals surface area contributed by atoms with Crippen molar-refractivity contribution in [2.75, 3.05) is 43.9 Å². The Bertz CT molecular complexity index is 410. The van der Waals surface area contributed by atoms with Crippen molar-refractivity contribution >= 4 is 11.6 Å². The SMILES string of the molecule is CC(CN)Nc1cc(N(C)C2CCN(C)C2)ncn1. The molecule has 1 aliphatic heterocycles. The summed E-state index contributed by atoms with van der Waals surface area (Å²) in [7, 11) is 4.26. The van der Waals surface area contributed by atoms with Crippen LogP contribution in [-0.4, -0.2) is 60.7 Å². The predicted molar refractivity (Wildman–Crippen MR) is 78.5 cm³/mol. The Balaban J connectivity index is 2.05. The average Bonchev–Trinajstić information content (AvgIpc) is 2.84. The second-order valence-corrected chi connectivity index (χ2v) is 5.36. The summed E-state index contributed by atoms with van der Waals surface area (Å²) in [6, 6.07) is 2.73. The van der Waals surface area contributed by atoms with Crippen LogP contribution in [0.3, 0.4) is 0 Å². The molecule has 0 amide bonds. The minimum absolute atomic E-state index is 0.214. The lowest BCUT2D eigenvalue weighted by molar-refractivity contribution is 0.409. The van der Waals surface area contributed by atoms with Crippen LogP contribution < -0.4 is 16.0 Å². The van der Waals surface area contributed by atoms with E-state index in [2.05, 4.69) is 39.2 Å². The van der Waals surface area contributed by atoms with Crippen molar-refractivity contribution in [1.82, 2.24) is 14.9 Å². The number of aromatic nitrogens is 2. The van der Waals surface area contributed by atoms with Gasteiger partial charge in [0.25, 0.3) is 0 Å². The molecule has 0 bridgehead atoms. The molecule has 1 aliphatic rings. The molecule has 1 aromatic rings. The average molecular weight is 264 g/mol. The zero-order valence-corrected chi connectivity index (χ0v) is 12.0. The number of likely N-dealkylation sites (tertiary alicyclic amines) is 1. The topological polar surface area (TPSA) is 70.3 Å². The van der Waals surface area contributed by atoms with Gasteiger partial charge in [-0.3, -0.25) is 0 Å². The van der Waals surface area contributed by atoms with E-state index in [9.17, 15) is 0 Å². The second-order valence-electron chi connectivity index (χ2n) is 5.36. The Labute approximate surface area is 115 Å². The van der Waals surface area contributed by atoms with Gasteiger partial charge in [0.1, 0.15) is 18.0 Å². The number of hydrogen-bond donors (Lipinski definition) is 2. The molecule has 1 aromatic heterocycles. The molecule has 2 atom stereocenters. The summed E-state index contributed by atoms with van der Waals surface area (Å²) in [5.74, 6) is 1.79. The van der Waals surface area contributed by atoms with Gasteiger partial charge in [-0.1, -0.05) is 0 Å². The number of anilines is 2. The summed E-state index contributed by atoms with van der Waals surface area (Å²) in [5.41, 5.74) is 5.61. The highest BCUT2D eigenvalue weighted by molar-refractivity contribution is 5.49. The molecule has 0 aliphatic carbocycles. The first-order valence-corrected chi connectivity index (χ1v) is 6.80. The van der Waals surface area contributed by atoms with Gasteiger partial charge in [-0.2, -0.15) is 0 Å². The molecule has 1 fully saturated rings. The third-order valence-electron chi connectivity index (χ3n) is 3.68. The van der Waals surface area contributed by atoms with Gasteiger partial charge in [0.2, 0.25) is 0 Å². The molecule has 6 nitrogen and oxygen atoms in total. The van der Waals surface area contributed by atoms with Crippen LogP contribution in [0, 0.1) is 0 Å². The number of likely N-dealkylation sites (N-methyl/N-ethyl adjacent to an activating group) is 2. The van der Waals surface area contributed by atoms with Crippen molar-refractivity contribution in [2.45, 2.75) is 25.4 Å². The maximum absolute atomic E-state index is 5.61. The van der Waals surface area contributed by atoms with Crippen LogP contribution in [-0.2, 0) is 0 Å². The fourth-order valence-corrected chi connectivity index (χ4v) is 2.35. The summed E-state index contributed by atoms with van der Waals surface area (Å²) >= 11 is 0. The van der Waals surface area contributed by atoms with Crippen molar-refractivity contribution in [2.24, 2.45) is 5.73 Å². The van der Waals surface area contributed by atoms with E-state index in [-0.39, 0.29) is 6.04 Å². The molecule has 106 valence electrons. The Kier molecular flexibility index (Phi) is 4.55. The van der Waals surface area contributed by atoms with Crippen molar-refractivity contribution in [3.05, 3.63) is 12.4 Å². The van der Waals surface area contributed by atoms with Crippen molar-refractivity contribution < 1.29 is 0 Å². The number of nitrogens with one attached hydrogen (secondary N) is 1. The number of nitrogens with two attached hydrogens (primary N) is 1. The molecular weight excluding hydrogens is 240 g/mol. The Morgan fingerprint density at radius 3 is 3.00 bits per heavy atom. The number of rotatable bonds is 5. The molecule has 1 saturated heterocycles. The molecule has 6 heteroatoms.